The van der Waals surface area contributed by atoms with Gasteiger partial charge in [-0.3, -0.25) is 9.59 Å². The maximum atomic E-state index is 13.0. The molecule has 0 spiro atoms. The van der Waals surface area contributed by atoms with Gasteiger partial charge in [0.1, 0.15) is 0 Å². The molecular formula is C11H15F3N2O3S. The van der Waals surface area contributed by atoms with E-state index in [9.17, 15) is 22.8 Å². The maximum Gasteiger partial charge on any atom is 0.406 e. The van der Waals surface area contributed by atoms with Crippen molar-refractivity contribution in [2.24, 2.45) is 5.41 Å². The van der Waals surface area contributed by atoms with Crippen LogP contribution in [0.1, 0.15) is 6.42 Å². The van der Waals surface area contributed by atoms with Crippen LogP contribution in [0.2, 0.25) is 0 Å². The van der Waals surface area contributed by atoms with Crippen LogP contribution in [0.4, 0.5) is 13.2 Å². The van der Waals surface area contributed by atoms with Gasteiger partial charge in [-0.1, -0.05) is 0 Å². The van der Waals surface area contributed by atoms with E-state index in [0.717, 1.165) is 10.7 Å². The van der Waals surface area contributed by atoms with Crippen LogP contribution in [-0.2, 0) is 9.59 Å². The van der Waals surface area contributed by atoms with Crippen molar-refractivity contribution in [2.45, 2.75) is 18.6 Å². The number of halogens is 3. The van der Waals surface area contributed by atoms with Crippen LogP contribution < -0.4 is 5.32 Å². The molecule has 2 heterocycles. The minimum Gasteiger partial charge on any atom is -0.481 e. The highest BCUT2D eigenvalue weighted by molar-refractivity contribution is 7.99. The topological polar surface area (TPSA) is 69.6 Å². The molecule has 0 aromatic carbocycles. The Kier molecular flexibility index (Phi) is 4.19. The Hall–Kier alpha value is -0.960. The lowest BCUT2D eigenvalue weighted by molar-refractivity contribution is -0.227. The van der Waals surface area contributed by atoms with E-state index < -0.39 is 42.5 Å². The number of carboxylic acids is 1. The number of amides is 1. The highest BCUT2D eigenvalue weighted by Gasteiger charge is 2.64. The standard InChI is InChI=1S/C11H15F3N2O3S/c12-11(13,14)10(9(18)19)1-3-16(6-10)8(17)7-5-20-4-2-15-7/h7,15H,1-6H2,(H,18,19). The van der Waals surface area contributed by atoms with Gasteiger partial charge < -0.3 is 15.3 Å². The number of hydrogen-bond donors (Lipinski definition) is 2. The third kappa shape index (κ3) is 2.60. The monoisotopic (exact) mass is 312 g/mol. The summed E-state index contributed by atoms with van der Waals surface area (Å²) < 4.78 is 39.0. The Morgan fingerprint density at radius 1 is 1.40 bits per heavy atom. The van der Waals surface area contributed by atoms with Gasteiger partial charge >= 0.3 is 12.1 Å². The highest BCUT2D eigenvalue weighted by atomic mass is 32.2. The van der Waals surface area contributed by atoms with Crippen molar-refractivity contribution in [3.63, 3.8) is 0 Å². The zero-order chi connectivity index (χ0) is 15.0. The first-order chi connectivity index (χ1) is 9.28. The molecule has 0 aromatic heterocycles. The SMILES string of the molecule is O=C(C1CSCCN1)N1CCC(C(=O)O)(C(F)(F)F)C1. The molecule has 0 radical (unpaired) electrons. The number of nitrogens with one attached hydrogen (secondary N) is 1. The first-order valence-corrected chi connectivity index (χ1v) is 7.33. The molecule has 2 unspecified atom stereocenters. The molecule has 1 amide bonds. The molecule has 2 N–H and O–H groups in total. The first kappa shape index (κ1) is 15.4. The average molecular weight is 312 g/mol. The number of thioether (sulfide) groups is 1. The number of rotatable bonds is 2. The lowest BCUT2D eigenvalue weighted by Gasteiger charge is -2.30. The molecule has 114 valence electrons. The third-order valence-electron chi connectivity index (χ3n) is 3.75. The van der Waals surface area contributed by atoms with Gasteiger partial charge in [-0.25, -0.2) is 0 Å². The molecule has 0 aromatic rings. The summed E-state index contributed by atoms with van der Waals surface area (Å²) in [6.45, 7) is -0.348. The molecule has 5 nitrogen and oxygen atoms in total. The number of nitrogens with zero attached hydrogens (tertiary/aromatic N) is 1. The van der Waals surface area contributed by atoms with Gasteiger partial charge in [0, 0.05) is 31.1 Å². The Morgan fingerprint density at radius 2 is 2.10 bits per heavy atom. The Bertz CT molecular complexity index is 412. The molecule has 2 atom stereocenters. The van der Waals surface area contributed by atoms with Gasteiger partial charge in [-0.15, -0.1) is 0 Å². The Labute approximate surface area is 117 Å². The van der Waals surface area contributed by atoms with Crippen molar-refractivity contribution in [3.05, 3.63) is 0 Å². The molecule has 0 bridgehead atoms. The van der Waals surface area contributed by atoms with Crippen LogP contribution >= 0.6 is 11.8 Å². The number of carbonyl (C=O) groups excluding carboxylic acids is 1. The summed E-state index contributed by atoms with van der Waals surface area (Å²) in [5, 5.41) is 11.9. The summed E-state index contributed by atoms with van der Waals surface area (Å²) in [5.74, 6) is -0.997. The van der Waals surface area contributed by atoms with Crippen molar-refractivity contribution in [1.29, 1.82) is 0 Å². The molecule has 2 saturated heterocycles. The fourth-order valence-corrected chi connectivity index (χ4v) is 3.39. The molecule has 0 saturated carbocycles. The van der Waals surface area contributed by atoms with E-state index in [2.05, 4.69) is 5.32 Å². The van der Waals surface area contributed by atoms with E-state index >= 15 is 0 Å². The predicted molar refractivity (Wildman–Crippen MR) is 66.4 cm³/mol. The second-order valence-electron chi connectivity index (χ2n) is 4.98. The number of carboxylic acid groups (broad SMARTS) is 1. The molecule has 9 heteroatoms. The molecular weight excluding hydrogens is 297 g/mol. The van der Waals surface area contributed by atoms with Gasteiger partial charge in [0.2, 0.25) is 5.91 Å². The fourth-order valence-electron chi connectivity index (χ4n) is 2.47. The van der Waals surface area contributed by atoms with Crippen LogP contribution in [-0.4, -0.2) is 65.2 Å². The number of alkyl halides is 3. The van der Waals surface area contributed by atoms with Crippen LogP contribution in [0.25, 0.3) is 0 Å². The summed E-state index contributed by atoms with van der Waals surface area (Å²) in [6, 6.07) is -0.522. The van der Waals surface area contributed by atoms with Gasteiger partial charge in [-0.2, -0.15) is 24.9 Å². The first-order valence-electron chi connectivity index (χ1n) is 6.18. The molecule has 0 aliphatic carbocycles. The van der Waals surface area contributed by atoms with Crippen LogP contribution in [0, 0.1) is 5.41 Å². The van der Waals surface area contributed by atoms with Gasteiger partial charge in [0.15, 0.2) is 5.41 Å². The minimum atomic E-state index is -4.86. The van der Waals surface area contributed by atoms with E-state index in [-0.39, 0.29) is 6.54 Å². The number of aliphatic carboxylic acids is 1. The van der Waals surface area contributed by atoms with Gasteiger partial charge in [0.05, 0.1) is 6.04 Å². The van der Waals surface area contributed by atoms with Crippen LogP contribution in [0.5, 0.6) is 0 Å². The summed E-state index contributed by atoms with van der Waals surface area (Å²) in [7, 11) is 0. The van der Waals surface area contributed by atoms with Crippen molar-refractivity contribution < 1.29 is 27.9 Å². The van der Waals surface area contributed by atoms with Gasteiger partial charge in [0.25, 0.3) is 0 Å². The van der Waals surface area contributed by atoms with Crippen molar-refractivity contribution >= 4 is 23.6 Å². The zero-order valence-electron chi connectivity index (χ0n) is 10.6. The lowest BCUT2D eigenvalue weighted by atomic mass is 9.86. The average Bonchev–Trinajstić information content (AvgIpc) is 2.85. The number of likely N-dealkylation sites (tertiary alicyclic amines) is 1. The summed E-state index contributed by atoms with van der Waals surface area (Å²) in [4.78, 5) is 24.2. The Balaban J connectivity index is 2.10. The number of hydrogen-bond acceptors (Lipinski definition) is 4. The van der Waals surface area contributed by atoms with Crippen LogP contribution in [0.15, 0.2) is 0 Å². The maximum absolute atomic E-state index is 13.0. The fraction of sp³-hybridized carbons (Fsp3) is 0.818. The minimum absolute atomic E-state index is 0.173. The molecule has 2 rings (SSSR count). The van der Waals surface area contributed by atoms with Crippen molar-refractivity contribution in [2.75, 3.05) is 31.1 Å². The Morgan fingerprint density at radius 3 is 2.55 bits per heavy atom. The quantitative estimate of drug-likeness (QED) is 0.780. The molecule has 2 aliphatic heterocycles. The summed E-state index contributed by atoms with van der Waals surface area (Å²) in [6.07, 6.45) is -5.44. The smallest absolute Gasteiger partial charge is 0.406 e. The third-order valence-corrected chi connectivity index (χ3v) is 4.81. The molecule has 2 fully saturated rings. The normalized spacial score (nSPS) is 31.4. The van der Waals surface area contributed by atoms with Crippen LogP contribution in [0.3, 0.4) is 0 Å². The summed E-state index contributed by atoms with van der Waals surface area (Å²) in [5.41, 5.74) is -2.83. The zero-order valence-corrected chi connectivity index (χ0v) is 11.4. The highest BCUT2D eigenvalue weighted by Crippen LogP contribution is 2.45. The van der Waals surface area contributed by atoms with E-state index in [1.807, 2.05) is 0 Å². The second kappa shape index (κ2) is 5.44. The van der Waals surface area contributed by atoms with Crippen molar-refractivity contribution in [1.82, 2.24) is 10.2 Å². The molecule has 20 heavy (non-hydrogen) atoms. The molecule has 2 aliphatic rings. The van der Waals surface area contributed by atoms with Crippen molar-refractivity contribution in [3.8, 4) is 0 Å². The summed E-state index contributed by atoms with van der Waals surface area (Å²) >= 11 is 1.55. The van der Waals surface area contributed by atoms with E-state index in [1.165, 1.54) is 0 Å². The van der Waals surface area contributed by atoms with E-state index in [0.29, 0.717) is 12.3 Å². The van der Waals surface area contributed by atoms with Gasteiger partial charge in [-0.05, 0) is 6.42 Å². The van der Waals surface area contributed by atoms with E-state index in [1.54, 1.807) is 11.8 Å². The second-order valence-corrected chi connectivity index (χ2v) is 6.13. The number of carbonyl (C=O) groups is 2. The van der Waals surface area contributed by atoms with E-state index in [4.69, 9.17) is 5.11 Å². The predicted octanol–water partition coefficient (Wildman–Crippen LogP) is 0.557. The largest absolute Gasteiger partial charge is 0.481 e. The lowest BCUT2D eigenvalue weighted by Crippen LogP contribution is -2.52.